The lowest BCUT2D eigenvalue weighted by atomic mass is 10.1. The van der Waals surface area contributed by atoms with Gasteiger partial charge in [-0.15, -0.1) is 0 Å². The van der Waals surface area contributed by atoms with Gasteiger partial charge in [0.15, 0.2) is 6.29 Å². The summed E-state index contributed by atoms with van der Waals surface area (Å²) in [6, 6.07) is 3.67. The summed E-state index contributed by atoms with van der Waals surface area (Å²) in [6.45, 7) is 4.19. The van der Waals surface area contributed by atoms with Crippen molar-refractivity contribution in [2.75, 3.05) is 0 Å². The van der Waals surface area contributed by atoms with Gasteiger partial charge in [0.25, 0.3) is 0 Å². The van der Waals surface area contributed by atoms with Crippen LogP contribution in [0.3, 0.4) is 0 Å². The summed E-state index contributed by atoms with van der Waals surface area (Å²) in [6.07, 6.45) is 2.50. The molecule has 1 rings (SSSR count). The number of carbonyl (C=O) groups is 1. The first kappa shape index (κ1) is 7.92. The molecule has 0 radical (unpaired) electrons. The third-order valence-electron chi connectivity index (χ3n) is 1.60. The van der Waals surface area contributed by atoms with Gasteiger partial charge >= 0.3 is 0 Å². The lowest BCUT2D eigenvalue weighted by Gasteiger charge is -2.02. The van der Waals surface area contributed by atoms with Crippen LogP contribution in [0.5, 0.6) is 0 Å². The molecule has 0 fully saturated rings. The fourth-order valence-electron chi connectivity index (χ4n) is 0.828. The predicted octanol–water partition coefficient (Wildman–Crippen LogP) is 2.02. The van der Waals surface area contributed by atoms with E-state index in [0.29, 0.717) is 11.6 Å². The molecule has 0 aromatic carbocycles. The molecule has 11 heavy (non-hydrogen) atoms. The number of rotatable bonds is 2. The smallest absolute Gasteiger partial charge is 0.168 e. The molecular formula is C9H11NO. The number of aromatic nitrogens is 1. The van der Waals surface area contributed by atoms with Crippen LogP contribution in [0.4, 0.5) is 0 Å². The Labute approximate surface area is 66.3 Å². The highest BCUT2D eigenvalue weighted by Crippen LogP contribution is 2.11. The van der Waals surface area contributed by atoms with Gasteiger partial charge in [-0.25, -0.2) is 0 Å². The summed E-state index contributed by atoms with van der Waals surface area (Å²) in [5, 5.41) is 0. The topological polar surface area (TPSA) is 30.0 Å². The fraction of sp³-hybridized carbons (Fsp3) is 0.333. The summed E-state index contributed by atoms with van der Waals surface area (Å²) < 4.78 is 0. The van der Waals surface area contributed by atoms with Crippen molar-refractivity contribution in [2.45, 2.75) is 19.8 Å². The SMILES string of the molecule is CC(C)c1ccc(C=O)nc1. The van der Waals surface area contributed by atoms with Crippen LogP contribution >= 0.6 is 0 Å². The van der Waals surface area contributed by atoms with E-state index in [9.17, 15) is 4.79 Å². The van der Waals surface area contributed by atoms with Gasteiger partial charge < -0.3 is 0 Å². The Bertz CT molecular complexity index is 238. The molecule has 58 valence electrons. The van der Waals surface area contributed by atoms with Crippen molar-refractivity contribution in [2.24, 2.45) is 0 Å². The summed E-state index contributed by atoms with van der Waals surface area (Å²) in [4.78, 5) is 14.2. The van der Waals surface area contributed by atoms with Gasteiger partial charge in [0, 0.05) is 6.20 Å². The van der Waals surface area contributed by atoms with E-state index >= 15 is 0 Å². The summed E-state index contributed by atoms with van der Waals surface area (Å²) in [5.41, 5.74) is 1.66. The van der Waals surface area contributed by atoms with Crippen molar-refractivity contribution in [1.29, 1.82) is 0 Å². The van der Waals surface area contributed by atoms with E-state index in [2.05, 4.69) is 18.8 Å². The second kappa shape index (κ2) is 3.28. The van der Waals surface area contributed by atoms with Crippen molar-refractivity contribution in [1.82, 2.24) is 4.98 Å². The third kappa shape index (κ3) is 1.87. The molecule has 0 unspecified atom stereocenters. The molecule has 1 heterocycles. The monoisotopic (exact) mass is 149 g/mol. The Morgan fingerprint density at radius 2 is 2.18 bits per heavy atom. The normalized spacial score (nSPS) is 10.1. The quantitative estimate of drug-likeness (QED) is 0.602. The first-order valence-electron chi connectivity index (χ1n) is 3.65. The largest absolute Gasteiger partial charge is 0.296 e. The molecule has 0 spiro atoms. The zero-order chi connectivity index (χ0) is 8.27. The minimum atomic E-state index is 0.475. The van der Waals surface area contributed by atoms with Crippen LogP contribution in [0, 0.1) is 0 Å². The van der Waals surface area contributed by atoms with Gasteiger partial charge in [0.05, 0.1) is 0 Å². The van der Waals surface area contributed by atoms with Gasteiger partial charge in [0.2, 0.25) is 0 Å². The van der Waals surface area contributed by atoms with Gasteiger partial charge in [0.1, 0.15) is 5.69 Å². The minimum Gasteiger partial charge on any atom is -0.296 e. The fourth-order valence-corrected chi connectivity index (χ4v) is 0.828. The van der Waals surface area contributed by atoms with Crippen molar-refractivity contribution in [3.05, 3.63) is 29.6 Å². The van der Waals surface area contributed by atoms with Gasteiger partial charge in [-0.1, -0.05) is 19.9 Å². The second-order valence-corrected chi connectivity index (χ2v) is 2.79. The highest BCUT2D eigenvalue weighted by Gasteiger charge is 1.98. The third-order valence-corrected chi connectivity index (χ3v) is 1.60. The number of aldehydes is 1. The van der Waals surface area contributed by atoms with E-state index in [1.54, 1.807) is 12.3 Å². The molecule has 0 aliphatic heterocycles. The number of hydrogen-bond acceptors (Lipinski definition) is 2. The molecule has 0 aliphatic rings. The lowest BCUT2D eigenvalue weighted by molar-refractivity contribution is 0.111. The Morgan fingerprint density at radius 1 is 1.45 bits per heavy atom. The number of pyridine rings is 1. The van der Waals surface area contributed by atoms with E-state index in [4.69, 9.17) is 0 Å². The van der Waals surface area contributed by atoms with Crippen LogP contribution in [-0.2, 0) is 0 Å². The van der Waals surface area contributed by atoms with E-state index < -0.39 is 0 Å². The molecule has 0 saturated carbocycles. The van der Waals surface area contributed by atoms with E-state index in [1.807, 2.05) is 6.07 Å². The van der Waals surface area contributed by atoms with Gasteiger partial charge in [-0.3, -0.25) is 9.78 Å². The zero-order valence-corrected chi connectivity index (χ0v) is 6.74. The van der Waals surface area contributed by atoms with E-state index in [0.717, 1.165) is 11.8 Å². The molecule has 1 aromatic rings. The standard InChI is InChI=1S/C9H11NO/c1-7(2)8-3-4-9(6-11)10-5-8/h3-7H,1-2H3. The zero-order valence-electron chi connectivity index (χ0n) is 6.74. The maximum Gasteiger partial charge on any atom is 0.168 e. The molecule has 0 bridgehead atoms. The first-order valence-corrected chi connectivity index (χ1v) is 3.65. The summed E-state index contributed by atoms with van der Waals surface area (Å²) in [7, 11) is 0. The number of nitrogens with zero attached hydrogens (tertiary/aromatic N) is 1. The van der Waals surface area contributed by atoms with Crippen LogP contribution < -0.4 is 0 Å². The Morgan fingerprint density at radius 3 is 2.55 bits per heavy atom. The average molecular weight is 149 g/mol. The van der Waals surface area contributed by atoms with Crippen LogP contribution in [0.25, 0.3) is 0 Å². The predicted molar refractivity (Wildman–Crippen MR) is 43.7 cm³/mol. The second-order valence-electron chi connectivity index (χ2n) is 2.79. The maximum atomic E-state index is 10.2. The molecule has 0 N–H and O–H groups in total. The van der Waals surface area contributed by atoms with Gasteiger partial charge in [-0.05, 0) is 17.5 Å². The molecule has 0 atom stereocenters. The first-order chi connectivity index (χ1) is 5.24. The van der Waals surface area contributed by atoms with Crippen LogP contribution in [0.2, 0.25) is 0 Å². The Balaban J connectivity index is 2.91. The molecule has 1 aromatic heterocycles. The Hall–Kier alpha value is -1.18. The molecule has 0 amide bonds. The summed E-state index contributed by atoms with van der Waals surface area (Å²) in [5.74, 6) is 0.475. The molecular weight excluding hydrogens is 138 g/mol. The molecule has 2 heteroatoms. The van der Waals surface area contributed by atoms with Crippen molar-refractivity contribution >= 4 is 6.29 Å². The van der Waals surface area contributed by atoms with Crippen LogP contribution in [0.1, 0.15) is 35.8 Å². The molecule has 0 saturated heterocycles. The lowest BCUT2D eigenvalue weighted by Crippen LogP contribution is -1.91. The van der Waals surface area contributed by atoms with Crippen molar-refractivity contribution < 1.29 is 4.79 Å². The summed E-state index contributed by atoms with van der Waals surface area (Å²) >= 11 is 0. The number of hydrogen-bond donors (Lipinski definition) is 0. The van der Waals surface area contributed by atoms with Crippen LogP contribution in [-0.4, -0.2) is 11.3 Å². The molecule has 2 nitrogen and oxygen atoms in total. The highest BCUT2D eigenvalue weighted by atomic mass is 16.1. The van der Waals surface area contributed by atoms with E-state index in [-0.39, 0.29) is 0 Å². The van der Waals surface area contributed by atoms with E-state index in [1.165, 1.54) is 0 Å². The van der Waals surface area contributed by atoms with Crippen LogP contribution in [0.15, 0.2) is 18.3 Å². The maximum absolute atomic E-state index is 10.2. The average Bonchev–Trinajstić information content (AvgIpc) is 2.05. The van der Waals surface area contributed by atoms with Crippen molar-refractivity contribution in [3.63, 3.8) is 0 Å². The van der Waals surface area contributed by atoms with Crippen molar-refractivity contribution in [3.8, 4) is 0 Å². The van der Waals surface area contributed by atoms with Gasteiger partial charge in [-0.2, -0.15) is 0 Å². The minimum absolute atomic E-state index is 0.475. The highest BCUT2D eigenvalue weighted by molar-refractivity contribution is 5.71. The Kier molecular flexibility index (Phi) is 2.36. The number of carbonyl (C=O) groups excluding carboxylic acids is 1. The molecule has 0 aliphatic carbocycles.